The molecule has 37 heavy (non-hydrogen) atoms. The summed E-state index contributed by atoms with van der Waals surface area (Å²) in [6.07, 6.45) is 1.63. The van der Waals surface area contributed by atoms with Crippen LogP contribution in [0.5, 0.6) is 23.0 Å². The summed E-state index contributed by atoms with van der Waals surface area (Å²) in [7, 11) is 4.45. The molecule has 194 valence electrons. The quantitative estimate of drug-likeness (QED) is 0.455. The van der Waals surface area contributed by atoms with E-state index in [-0.39, 0.29) is 34.3 Å². The van der Waals surface area contributed by atoms with E-state index in [4.69, 9.17) is 30.5 Å². The molecule has 0 saturated heterocycles. The fourth-order valence-electron chi connectivity index (χ4n) is 4.11. The first-order chi connectivity index (χ1) is 17.7. The second-order valence-electron chi connectivity index (χ2n) is 7.97. The molecule has 0 aliphatic carbocycles. The lowest BCUT2D eigenvalue weighted by atomic mass is 9.95. The van der Waals surface area contributed by atoms with Gasteiger partial charge < -0.3 is 24.1 Å². The van der Waals surface area contributed by atoms with Crippen LogP contribution >= 0.6 is 22.9 Å². The molecule has 0 amide bonds. The number of aromatic nitrogens is 1. The lowest BCUT2D eigenvalue weighted by molar-refractivity contribution is -0.139. The van der Waals surface area contributed by atoms with Crippen molar-refractivity contribution in [2.24, 2.45) is 4.99 Å². The van der Waals surface area contributed by atoms with Crippen LogP contribution in [0.4, 0.5) is 0 Å². The summed E-state index contributed by atoms with van der Waals surface area (Å²) in [6.45, 7) is 3.59. The highest BCUT2D eigenvalue weighted by Crippen LogP contribution is 2.37. The highest BCUT2D eigenvalue weighted by molar-refractivity contribution is 7.07. The second kappa shape index (κ2) is 10.7. The standard InChI is InChI=1S/C26H25ClN2O7S/c1-6-36-25(32)21-13(2)28-26-29(22(21)15-7-8-17(33-3)18(12-15)34-4)24(31)20(37-26)11-14-9-16(27)23(30)19(10-14)35-5/h7-12,22,30H,6H2,1-5H3. The van der Waals surface area contributed by atoms with Crippen LogP contribution in [0, 0.1) is 0 Å². The first-order valence-corrected chi connectivity index (χ1v) is 12.4. The van der Waals surface area contributed by atoms with Crippen molar-refractivity contribution in [1.82, 2.24) is 4.57 Å². The number of halogens is 1. The van der Waals surface area contributed by atoms with Crippen LogP contribution in [0.2, 0.25) is 5.02 Å². The monoisotopic (exact) mass is 544 g/mol. The first kappa shape index (κ1) is 26.3. The van der Waals surface area contributed by atoms with Gasteiger partial charge in [0.15, 0.2) is 27.8 Å². The number of hydrogen-bond acceptors (Lipinski definition) is 9. The van der Waals surface area contributed by atoms with Crippen molar-refractivity contribution in [3.05, 3.63) is 77.4 Å². The fraction of sp³-hybridized carbons (Fsp3) is 0.269. The molecule has 1 aliphatic heterocycles. The summed E-state index contributed by atoms with van der Waals surface area (Å²) >= 11 is 7.30. The van der Waals surface area contributed by atoms with Crippen molar-refractivity contribution in [2.75, 3.05) is 27.9 Å². The molecule has 0 radical (unpaired) electrons. The maximum atomic E-state index is 13.8. The Bertz CT molecular complexity index is 1590. The highest BCUT2D eigenvalue weighted by Gasteiger charge is 2.34. The third-order valence-corrected chi connectivity index (χ3v) is 7.08. The number of ether oxygens (including phenoxy) is 4. The topological polar surface area (TPSA) is 109 Å². The number of nitrogens with zero attached hydrogens (tertiary/aromatic N) is 2. The molecule has 0 fully saturated rings. The van der Waals surface area contributed by atoms with Crippen molar-refractivity contribution in [1.29, 1.82) is 0 Å². The van der Waals surface area contributed by atoms with Gasteiger partial charge in [0.05, 0.1) is 54.8 Å². The number of phenolic OH excluding ortho intramolecular Hbond substituents is 1. The van der Waals surface area contributed by atoms with Gasteiger partial charge >= 0.3 is 5.97 Å². The van der Waals surface area contributed by atoms with E-state index in [1.54, 1.807) is 44.2 Å². The van der Waals surface area contributed by atoms with E-state index in [1.165, 1.54) is 43.3 Å². The normalized spacial score (nSPS) is 15.2. The minimum Gasteiger partial charge on any atom is -0.503 e. The van der Waals surface area contributed by atoms with Crippen LogP contribution in [-0.4, -0.2) is 43.6 Å². The molecular weight excluding hydrogens is 520 g/mol. The van der Waals surface area contributed by atoms with Crippen LogP contribution in [-0.2, 0) is 9.53 Å². The van der Waals surface area contributed by atoms with Gasteiger partial charge in [-0.3, -0.25) is 9.36 Å². The van der Waals surface area contributed by atoms with Crippen molar-refractivity contribution >= 4 is 35.0 Å². The van der Waals surface area contributed by atoms with Gasteiger partial charge in [-0.2, -0.15) is 0 Å². The minimum atomic E-state index is -0.810. The molecule has 11 heteroatoms. The van der Waals surface area contributed by atoms with Crippen LogP contribution in [0.25, 0.3) is 6.08 Å². The van der Waals surface area contributed by atoms with E-state index in [0.29, 0.717) is 37.7 Å². The van der Waals surface area contributed by atoms with Crippen LogP contribution in [0.3, 0.4) is 0 Å². The molecule has 1 atom stereocenters. The first-order valence-electron chi connectivity index (χ1n) is 11.2. The molecule has 0 spiro atoms. The van der Waals surface area contributed by atoms with Gasteiger partial charge in [0.25, 0.3) is 5.56 Å². The van der Waals surface area contributed by atoms with Gasteiger partial charge in [-0.15, -0.1) is 0 Å². The Morgan fingerprint density at radius 2 is 1.84 bits per heavy atom. The van der Waals surface area contributed by atoms with E-state index in [9.17, 15) is 14.7 Å². The molecular formula is C26H25ClN2O7S. The van der Waals surface area contributed by atoms with Gasteiger partial charge in [0.1, 0.15) is 0 Å². The number of esters is 1. The van der Waals surface area contributed by atoms with Crippen LogP contribution in [0.1, 0.15) is 31.0 Å². The van der Waals surface area contributed by atoms with E-state index in [2.05, 4.69) is 4.99 Å². The minimum absolute atomic E-state index is 0.0852. The number of carbonyl (C=O) groups excluding carboxylic acids is 1. The van der Waals surface area contributed by atoms with Crippen molar-refractivity contribution in [3.63, 3.8) is 0 Å². The lowest BCUT2D eigenvalue weighted by Crippen LogP contribution is -2.40. The number of methoxy groups -OCH3 is 3. The lowest BCUT2D eigenvalue weighted by Gasteiger charge is -2.25. The fourth-order valence-corrected chi connectivity index (χ4v) is 5.38. The Morgan fingerprint density at radius 1 is 1.14 bits per heavy atom. The van der Waals surface area contributed by atoms with Gasteiger partial charge in [0, 0.05) is 0 Å². The largest absolute Gasteiger partial charge is 0.503 e. The molecule has 4 rings (SSSR count). The third kappa shape index (κ3) is 4.82. The van der Waals surface area contributed by atoms with Crippen molar-refractivity contribution < 1.29 is 28.8 Å². The Hall–Kier alpha value is -3.76. The average Bonchev–Trinajstić information content (AvgIpc) is 3.18. The van der Waals surface area contributed by atoms with E-state index >= 15 is 0 Å². The van der Waals surface area contributed by atoms with Gasteiger partial charge in [-0.25, -0.2) is 9.79 Å². The Morgan fingerprint density at radius 3 is 2.49 bits per heavy atom. The zero-order chi connectivity index (χ0) is 26.9. The number of hydrogen-bond donors (Lipinski definition) is 1. The summed E-state index contributed by atoms with van der Waals surface area (Å²) in [6, 6.07) is 7.50. The molecule has 1 N–H and O–H groups in total. The summed E-state index contributed by atoms with van der Waals surface area (Å²) in [4.78, 5) is 31.8. The summed E-state index contributed by atoms with van der Waals surface area (Å²) < 4.78 is 23.1. The smallest absolute Gasteiger partial charge is 0.338 e. The SMILES string of the molecule is CCOC(=O)C1=C(C)N=c2sc(=Cc3cc(Cl)c(O)c(OC)c3)c(=O)n2C1c1ccc(OC)c(OC)c1. The molecule has 1 unspecified atom stereocenters. The maximum Gasteiger partial charge on any atom is 0.338 e. The predicted molar refractivity (Wildman–Crippen MR) is 140 cm³/mol. The summed E-state index contributed by atoms with van der Waals surface area (Å²) in [5.74, 6) is 0.384. The molecule has 1 aliphatic rings. The molecule has 0 bridgehead atoms. The average molecular weight is 545 g/mol. The van der Waals surface area contributed by atoms with Gasteiger partial charge in [-0.05, 0) is 55.3 Å². The number of benzene rings is 2. The number of allylic oxidation sites excluding steroid dienone is 1. The highest BCUT2D eigenvalue weighted by atomic mass is 35.5. The second-order valence-corrected chi connectivity index (χ2v) is 9.39. The number of phenols is 1. The zero-order valence-corrected chi connectivity index (χ0v) is 22.4. The summed E-state index contributed by atoms with van der Waals surface area (Å²) in [5.41, 5.74) is 1.51. The molecule has 0 saturated carbocycles. The summed E-state index contributed by atoms with van der Waals surface area (Å²) in [5, 5.41) is 10.1. The van der Waals surface area contributed by atoms with E-state index < -0.39 is 12.0 Å². The Labute approximate surface area is 221 Å². The number of thiazole rings is 1. The number of aromatic hydroxyl groups is 1. The molecule has 3 aromatic rings. The van der Waals surface area contributed by atoms with E-state index in [1.807, 2.05) is 0 Å². The molecule has 2 heterocycles. The number of fused-ring (bicyclic) bond motifs is 1. The maximum absolute atomic E-state index is 13.8. The Kier molecular flexibility index (Phi) is 7.60. The number of carbonyl (C=O) groups is 1. The predicted octanol–water partition coefficient (Wildman–Crippen LogP) is 3.18. The molecule has 2 aromatic carbocycles. The van der Waals surface area contributed by atoms with Gasteiger partial charge in [-0.1, -0.05) is 29.0 Å². The van der Waals surface area contributed by atoms with Crippen LogP contribution in [0.15, 0.2) is 51.4 Å². The van der Waals surface area contributed by atoms with Gasteiger partial charge in [0.2, 0.25) is 0 Å². The van der Waals surface area contributed by atoms with Crippen molar-refractivity contribution in [3.8, 4) is 23.0 Å². The zero-order valence-electron chi connectivity index (χ0n) is 20.8. The van der Waals surface area contributed by atoms with Crippen LogP contribution < -0.4 is 29.1 Å². The van der Waals surface area contributed by atoms with E-state index in [0.717, 1.165) is 0 Å². The van der Waals surface area contributed by atoms with Crippen molar-refractivity contribution in [2.45, 2.75) is 19.9 Å². The third-order valence-electron chi connectivity index (χ3n) is 5.81. The Balaban J connectivity index is 1.97. The molecule has 1 aromatic heterocycles. The molecule has 9 nitrogen and oxygen atoms in total. The number of rotatable bonds is 7.